The second-order valence-electron chi connectivity index (χ2n) is 17.0. The molecule has 1 aromatic rings. The number of ketones is 1. The van der Waals surface area contributed by atoms with E-state index >= 15 is 0 Å². The van der Waals surface area contributed by atoms with Gasteiger partial charge in [-0.2, -0.15) is 0 Å². The van der Waals surface area contributed by atoms with Gasteiger partial charge in [0.25, 0.3) is 5.91 Å². The third kappa shape index (κ3) is 15.3. The number of hydrogen-bond acceptors (Lipinski definition) is 12. The molecule has 1 heterocycles. The number of carbonyl (C=O) groups is 9. The zero-order valence-electron chi connectivity index (χ0n) is 36.4. The van der Waals surface area contributed by atoms with Crippen molar-refractivity contribution in [2.24, 2.45) is 23.5 Å². The van der Waals surface area contributed by atoms with Gasteiger partial charge in [-0.05, 0) is 74.8 Å². The van der Waals surface area contributed by atoms with Crippen molar-refractivity contribution in [2.75, 3.05) is 20.7 Å². The molecule has 4 fully saturated rings. The summed E-state index contributed by atoms with van der Waals surface area (Å²) in [4.78, 5) is 129. The minimum Gasteiger partial charge on any atom is -0.478 e. The van der Waals surface area contributed by atoms with Gasteiger partial charge in [-0.3, -0.25) is 43.7 Å². The fourth-order valence-corrected chi connectivity index (χ4v) is 8.67. The molecule has 0 aromatic heterocycles. The number of benzene rings is 1. The minimum atomic E-state index is -1.35. The zero-order chi connectivity index (χ0) is 46.9. The number of aromatic carboxylic acids is 1. The number of nitrogens with one attached hydrogen (secondary N) is 4. The number of rotatable bonds is 19. The molecule has 1 aromatic carbocycles. The molecule has 20 nitrogen and oxygen atoms in total. The van der Waals surface area contributed by atoms with Crippen LogP contribution in [-0.4, -0.2) is 119 Å². The molecule has 0 unspecified atom stereocenters. The van der Waals surface area contributed by atoms with Crippen LogP contribution in [-0.2, 0) is 38.3 Å². The highest BCUT2D eigenvalue weighted by Crippen LogP contribution is 2.35. The molecule has 5 atom stereocenters. The number of likely N-dealkylation sites (tertiary alicyclic amines) is 1. The summed E-state index contributed by atoms with van der Waals surface area (Å²) in [7, 11) is 2.09. The fourth-order valence-electron chi connectivity index (χ4n) is 8.67. The summed E-state index contributed by atoms with van der Waals surface area (Å²) < 4.78 is 4.61. The molecule has 64 heavy (non-hydrogen) atoms. The molecule has 1 saturated heterocycles. The number of carboxylic acid groups (broad SMARTS) is 1. The van der Waals surface area contributed by atoms with Crippen LogP contribution in [0.15, 0.2) is 36.4 Å². The number of primary amides is 1. The van der Waals surface area contributed by atoms with Gasteiger partial charge in [-0.15, -0.1) is 0 Å². The van der Waals surface area contributed by atoms with Gasteiger partial charge < -0.3 is 41.7 Å². The lowest BCUT2D eigenvalue weighted by Gasteiger charge is -2.35. The monoisotopic (exact) mass is 895 g/mol. The van der Waals surface area contributed by atoms with E-state index in [2.05, 4.69) is 26.0 Å². The normalized spacial score (nSPS) is 19.8. The van der Waals surface area contributed by atoms with E-state index in [1.54, 1.807) is 0 Å². The van der Waals surface area contributed by atoms with Gasteiger partial charge in [0.1, 0.15) is 30.2 Å². The summed E-state index contributed by atoms with van der Waals surface area (Å²) in [6.07, 6.45) is 12.4. The van der Waals surface area contributed by atoms with Gasteiger partial charge in [-0.1, -0.05) is 69.6 Å². The Labute approximate surface area is 371 Å². The maximum absolute atomic E-state index is 14.4. The Morgan fingerprint density at radius 2 is 1.42 bits per heavy atom. The van der Waals surface area contributed by atoms with Gasteiger partial charge in [0, 0.05) is 17.4 Å². The highest BCUT2D eigenvalue weighted by Gasteiger charge is 2.45. The second-order valence-corrected chi connectivity index (χ2v) is 17.0. The van der Waals surface area contributed by atoms with Crippen LogP contribution in [0, 0.1) is 27.9 Å². The second kappa shape index (κ2) is 24.6. The van der Waals surface area contributed by atoms with Crippen molar-refractivity contribution in [1.82, 2.24) is 26.2 Å². The Kier molecular flexibility index (Phi) is 19.4. The van der Waals surface area contributed by atoms with Gasteiger partial charge in [0.2, 0.25) is 29.5 Å². The first kappa shape index (κ1) is 50.4. The predicted octanol–water partition coefficient (Wildman–Crippen LogP) is 1.96. The number of nitrogens with zero attached hydrogens (tertiary/aromatic N) is 2. The summed E-state index contributed by atoms with van der Waals surface area (Å²) in [6, 6.07) is -0.245. The number of carboxylic acids is 1. The molecular weight excluding hydrogens is 835 g/mol. The van der Waals surface area contributed by atoms with Crippen LogP contribution in [0.2, 0.25) is 0 Å². The van der Waals surface area contributed by atoms with E-state index in [0.29, 0.717) is 12.8 Å². The number of methoxy groups -OCH3 is 1. The number of esters is 1. The lowest BCUT2D eigenvalue weighted by molar-refractivity contribution is -0.445. The maximum atomic E-state index is 14.4. The van der Waals surface area contributed by atoms with Gasteiger partial charge in [0.15, 0.2) is 12.8 Å². The summed E-state index contributed by atoms with van der Waals surface area (Å²) in [5, 5.41) is 29.5. The molecular formula is C44H61N7O13. The average Bonchev–Trinajstić information content (AvgIpc) is 4.01. The molecule has 6 amide bonds. The molecule has 4 aliphatic rings. The molecule has 3 aliphatic carbocycles. The molecule has 0 spiro atoms. The third-order valence-corrected chi connectivity index (χ3v) is 12.1. The van der Waals surface area contributed by atoms with E-state index in [4.69, 9.17) is 15.8 Å². The van der Waals surface area contributed by atoms with Gasteiger partial charge in [-0.25, -0.2) is 9.59 Å². The summed E-state index contributed by atoms with van der Waals surface area (Å²) in [6.45, 7) is -0.399. The SMILES string of the molecule is COC(=O)/C=C/CC[C@H](NC(=O)c1ccccc1C(=O)O)C(=O)N[C@@H](CC1CC1)C(=O)N1CC(=O)C[C@H]1C(=O)N[C@H](C(=O)N[C@H](C(N)=O)C1CCCCC1)C1CCCCC1.C[N+](=O)[O-]. The van der Waals surface area contributed by atoms with E-state index in [1.807, 2.05) is 0 Å². The number of nitro groups is 1. The Bertz CT molecular complexity index is 1920. The minimum absolute atomic E-state index is 0.0557. The first-order chi connectivity index (χ1) is 30.5. The third-order valence-electron chi connectivity index (χ3n) is 12.1. The predicted molar refractivity (Wildman–Crippen MR) is 229 cm³/mol. The van der Waals surface area contributed by atoms with Crippen LogP contribution in [0.4, 0.5) is 0 Å². The molecule has 0 radical (unpaired) electrons. The smallest absolute Gasteiger partial charge is 0.336 e. The summed E-state index contributed by atoms with van der Waals surface area (Å²) in [5.41, 5.74) is 5.30. The van der Waals surface area contributed by atoms with Crippen LogP contribution >= 0.6 is 0 Å². The first-order valence-corrected chi connectivity index (χ1v) is 22.0. The van der Waals surface area contributed by atoms with Crippen molar-refractivity contribution < 1.29 is 57.9 Å². The van der Waals surface area contributed by atoms with E-state index in [-0.39, 0.29) is 60.3 Å². The molecule has 20 heteroatoms. The number of nitrogens with two attached hydrogens (primary N) is 1. The average molecular weight is 896 g/mol. The number of Topliss-reactive ketones (excluding diaryl/α,β-unsaturated/α-hetero) is 1. The number of carbonyl (C=O) groups excluding carboxylic acids is 8. The summed E-state index contributed by atoms with van der Waals surface area (Å²) >= 11 is 0. The van der Waals surface area contributed by atoms with Crippen molar-refractivity contribution in [3.63, 3.8) is 0 Å². The standard InChI is InChI=1S/C43H58N6O11.CH3NO2/c1-60-34(51)19-11-10-18-31(45-38(53)29-16-8-9-17-30(29)43(58)59)39(54)46-32(22-25-20-21-25)42(57)49-24-28(50)23-33(49)40(55)48-36(27-14-6-3-7-15-27)41(56)47-35(37(44)52)26-12-4-2-5-13-26;1-2(3)4/h8-9,11,16-17,19,25-27,31-33,35-36H,2-7,10,12-15,18,20-24H2,1H3,(H2,44,52)(H,45,53)(H,46,54)(H,47,56)(H,48,55)(H,58,59);1H3/b19-11+;/t31-,32-,33-,35-,36-;/m0./s1. The van der Waals surface area contributed by atoms with Crippen LogP contribution in [0.3, 0.4) is 0 Å². The molecule has 5 rings (SSSR count). The Balaban J connectivity index is 0.00000215. The number of ether oxygens (including phenoxy) is 1. The van der Waals surface area contributed by atoms with E-state index in [1.165, 1.54) is 37.5 Å². The molecule has 7 N–H and O–H groups in total. The topological polar surface area (TPSA) is 304 Å². The number of hydrogen-bond donors (Lipinski definition) is 6. The highest BCUT2D eigenvalue weighted by atomic mass is 16.6. The lowest BCUT2D eigenvalue weighted by atomic mass is 9.81. The van der Waals surface area contributed by atoms with Crippen molar-refractivity contribution in [2.45, 2.75) is 133 Å². The highest BCUT2D eigenvalue weighted by molar-refractivity contribution is 6.06. The van der Waals surface area contributed by atoms with Crippen molar-refractivity contribution in [3.05, 3.63) is 57.7 Å². The van der Waals surface area contributed by atoms with Crippen LogP contribution in [0.1, 0.15) is 123 Å². The van der Waals surface area contributed by atoms with Crippen LogP contribution in [0.5, 0.6) is 0 Å². The van der Waals surface area contributed by atoms with E-state index < -0.39 is 89.1 Å². The van der Waals surface area contributed by atoms with Gasteiger partial charge >= 0.3 is 11.9 Å². The Morgan fingerprint density at radius 3 is 1.97 bits per heavy atom. The molecule has 1 aliphatic heterocycles. The van der Waals surface area contributed by atoms with Crippen molar-refractivity contribution >= 4 is 53.2 Å². The molecule has 0 bridgehead atoms. The quantitative estimate of drug-likeness (QED) is 0.0502. The molecule has 3 saturated carbocycles. The molecule has 350 valence electrons. The van der Waals surface area contributed by atoms with E-state index in [9.17, 15) is 48.3 Å². The summed E-state index contributed by atoms with van der Waals surface area (Å²) in [5.74, 6) is -6.85. The first-order valence-electron chi connectivity index (χ1n) is 22.0. The lowest BCUT2D eigenvalue weighted by Crippen LogP contribution is -2.60. The number of amides is 6. The maximum Gasteiger partial charge on any atom is 0.336 e. The van der Waals surface area contributed by atoms with E-state index in [0.717, 1.165) is 82.2 Å². The zero-order valence-corrected chi connectivity index (χ0v) is 36.4. The Hall–Kier alpha value is -6.21. The van der Waals surface area contributed by atoms with Crippen molar-refractivity contribution in [3.8, 4) is 0 Å². The van der Waals surface area contributed by atoms with Crippen LogP contribution < -0.4 is 27.0 Å². The fraction of sp³-hybridized carbons (Fsp3) is 0.614. The Morgan fingerprint density at radius 1 is 0.844 bits per heavy atom. The number of allylic oxidation sites excluding steroid dienone is 1. The van der Waals surface area contributed by atoms with Gasteiger partial charge in [0.05, 0.1) is 24.8 Å². The van der Waals surface area contributed by atoms with Crippen LogP contribution in [0.25, 0.3) is 0 Å². The van der Waals surface area contributed by atoms with Crippen molar-refractivity contribution in [1.29, 1.82) is 0 Å². The largest absolute Gasteiger partial charge is 0.478 e.